The molecule has 2 aromatic rings. The summed E-state index contributed by atoms with van der Waals surface area (Å²) in [5.41, 5.74) is 3.86. The molecule has 4 aliphatic rings. The van der Waals surface area contributed by atoms with Crippen LogP contribution in [-0.2, 0) is 19.2 Å². The van der Waals surface area contributed by atoms with E-state index in [-0.39, 0.29) is 40.6 Å². The van der Waals surface area contributed by atoms with Gasteiger partial charge in [0.25, 0.3) is 0 Å². The summed E-state index contributed by atoms with van der Waals surface area (Å²) in [6.45, 7) is 5.36. The molecular formula is C31H24ClNO5. The minimum atomic E-state index is -0.663. The third-order valence-electron chi connectivity index (χ3n) is 8.25. The highest BCUT2D eigenvalue weighted by Gasteiger charge is 2.56. The second kappa shape index (κ2) is 8.77. The van der Waals surface area contributed by atoms with E-state index >= 15 is 0 Å². The topological polar surface area (TPSA) is 91.8 Å². The number of imide groups is 1. The van der Waals surface area contributed by atoms with Crippen LogP contribution in [0.15, 0.2) is 83.5 Å². The van der Waals surface area contributed by atoms with Crippen LogP contribution < -0.4 is 4.90 Å². The minimum absolute atomic E-state index is 0.0187. The molecule has 1 heterocycles. The van der Waals surface area contributed by atoms with Crippen LogP contribution in [0.1, 0.15) is 36.8 Å². The molecule has 2 aromatic carbocycles. The Morgan fingerprint density at radius 2 is 1.76 bits per heavy atom. The quantitative estimate of drug-likeness (QED) is 0.332. The maximum absolute atomic E-state index is 13.9. The lowest BCUT2D eigenvalue weighted by Gasteiger charge is -2.42. The number of aromatic hydroxyl groups is 1. The van der Waals surface area contributed by atoms with Crippen molar-refractivity contribution in [3.8, 4) is 5.75 Å². The fourth-order valence-corrected chi connectivity index (χ4v) is 6.76. The van der Waals surface area contributed by atoms with Crippen LogP contribution in [0.2, 0.25) is 5.02 Å². The molecule has 3 aliphatic carbocycles. The van der Waals surface area contributed by atoms with Gasteiger partial charge in [0.05, 0.1) is 17.5 Å². The number of benzene rings is 2. The van der Waals surface area contributed by atoms with Crippen molar-refractivity contribution in [1.29, 1.82) is 0 Å². The molecule has 1 saturated heterocycles. The maximum Gasteiger partial charge on any atom is 0.238 e. The molecule has 0 unspecified atom stereocenters. The number of phenols is 1. The molecule has 38 heavy (non-hydrogen) atoms. The Kier molecular flexibility index (Phi) is 5.61. The highest BCUT2D eigenvalue weighted by atomic mass is 35.5. The monoisotopic (exact) mass is 525 g/mol. The molecule has 0 bridgehead atoms. The number of allylic oxidation sites excluding steroid dienone is 6. The Bertz CT molecular complexity index is 1560. The number of carbonyl (C=O) groups excluding carboxylic acids is 4. The molecule has 190 valence electrons. The van der Waals surface area contributed by atoms with Crippen LogP contribution in [0, 0.1) is 17.8 Å². The van der Waals surface area contributed by atoms with Gasteiger partial charge in [0.15, 0.2) is 11.6 Å². The van der Waals surface area contributed by atoms with Crippen molar-refractivity contribution < 1.29 is 24.3 Å². The van der Waals surface area contributed by atoms with Crippen molar-refractivity contribution in [3.63, 3.8) is 0 Å². The lowest BCUT2D eigenvalue weighted by molar-refractivity contribution is -0.123. The van der Waals surface area contributed by atoms with Gasteiger partial charge < -0.3 is 5.11 Å². The van der Waals surface area contributed by atoms with Gasteiger partial charge in [-0.2, -0.15) is 0 Å². The van der Waals surface area contributed by atoms with Crippen LogP contribution in [-0.4, -0.2) is 28.5 Å². The molecule has 0 aromatic heterocycles. The molecular weight excluding hydrogens is 502 g/mol. The summed E-state index contributed by atoms with van der Waals surface area (Å²) in [4.78, 5) is 55.3. The SMILES string of the molecule is C=Cc1ccc(N2C(=O)[C@H]3[C@H](CC=C4[C@H](c5ccc(O)cc5Cl)C5=C(C[C@H]43)C(=O)C=C(C)C5=O)C2=O)cc1. The summed E-state index contributed by atoms with van der Waals surface area (Å²) in [6, 6.07) is 11.6. The van der Waals surface area contributed by atoms with Crippen LogP contribution >= 0.6 is 11.6 Å². The highest BCUT2D eigenvalue weighted by Crippen LogP contribution is 2.56. The van der Waals surface area contributed by atoms with E-state index in [0.717, 1.165) is 11.1 Å². The molecule has 1 fully saturated rings. The smallest absolute Gasteiger partial charge is 0.238 e. The van der Waals surface area contributed by atoms with E-state index in [0.29, 0.717) is 34.4 Å². The number of rotatable bonds is 3. The fourth-order valence-electron chi connectivity index (χ4n) is 6.48. The van der Waals surface area contributed by atoms with E-state index in [9.17, 15) is 24.3 Å². The average molecular weight is 526 g/mol. The van der Waals surface area contributed by atoms with Crippen LogP contribution in [0.25, 0.3) is 6.08 Å². The first-order chi connectivity index (χ1) is 18.2. The van der Waals surface area contributed by atoms with Crippen molar-refractivity contribution >= 4 is 46.7 Å². The van der Waals surface area contributed by atoms with Crippen molar-refractivity contribution in [2.75, 3.05) is 4.90 Å². The van der Waals surface area contributed by atoms with Crippen LogP contribution in [0.3, 0.4) is 0 Å². The zero-order chi connectivity index (χ0) is 26.9. The van der Waals surface area contributed by atoms with E-state index in [2.05, 4.69) is 6.58 Å². The number of halogens is 1. The van der Waals surface area contributed by atoms with Gasteiger partial charge in [0.2, 0.25) is 11.8 Å². The second-order valence-electron chi connectivity index (χ2n) is 10.2. The zero-order valence-corrected chi connectivity index (χ0v) is 21.4. The molecule has 7 heteroatoms. The number of fused-ring (bicyclic) bond motifs is 3. The normalized spacial score (nSPS) is 26.5. The lowest BCUT2D eigenvalue weighted by Crippen LogP contribution is -2.39. The molecule has 0 spiro atoms. The average Bonchev–Trinajstić information content (AvgIpc) is 3.16. The molecule has 0 saturated carbocycles. The zero-order valence-electron chi connectivity index (χ0n) is 20.6. The summed E-state index contributed by atoms with van der Waals surface area (Å²) >= 11 is 6.58. The van der Waals surface area contributed by atoms with Gasteiger partial charge in [0.1, 0.15) is 5.75 Å². The van der Waals surface area contributed by atoms with Crippen molar-refractivity contribution in [2.45, 2.75) is 25.7 Å². The van der Waals surface area contributed by atoms with Crippen molar-refractivity contribution in [3.05, 3.63) is 99.6 Å². The molecule has 0 radical (unpaired) electrons. The number of phenolic OH excluding ortho intramolecular Hbond substituents is 1. The standard InChI is InChI=1S/C31H24ClNO5/c1-3-16-4-6-17(7-5-16)33-30(37)21-11-10-19-22(27(21)31(33)38)14-23-25(35)12-15(2)29(36)28(23)26(19)20-9-8-18(34)13-24(20)32/h3-10,12-13,21-22,26-27,34H,1,11,14H2,2H3/t21-,22+,26+,27-/m0/s1. The number of carbonyl (C=O) groups is 4. The number of nitrogens with zero attached hydrogens (tertiary/aromatic N) is 1. The predicted molar refractivity (Wildman–Crippen MR) is 143 cm³/mol. The fraction of sp³-hybridized carbons (Fsp3) is 0.226. The van der Waals surface area contributed by atoms with Gasteiger partial charge in [-0.25, -0.2) is 0 Å². The first-order valence-electron chi connectivity index (χ1n) is 12.5. The van der Waals surface area contributed by atoms with Crippen molar-refractivity contribution in [2.24, 2.45) is 17.8 Å². The van der Waals surface area contributed by atoms with E-state index < -0.39 is 23.7 Å². The van der Waals surface area contributed by atoms with Crippen LogP contribution in [0.5, 0.6) is 5.75 Å². The summed E-state index contributed by atoms with van der Waals surface area (Å²) in [5, 5.41) is 10.2. The Labute approximate surface area is 224 Å². The Balaban J connectivity index is 1.48. The Morgan fingerprint density at radius 1 is 1.03 bits per heavy atom. The highest BCUT2D eigenvalue weighted by molar-refractivity contribution is 6.32. The lowest BCUT2D eigenvalue weighted by atomic mass is 9.59. The molecule has 4 atom stereocenters. The minimum Gasteiger partial charge on any atom is -0.508 e. The van der Waals surface area contributed by atoms with Gasteiger partial charge in [-0.1, -0.05) is 54.1 Å². The van der Waals surface area contributed by atoms with Gasteiger partial charge >= 0.3 is 0 Å². The van der Waals surface area contributed by atoms with E-state index in [1.54, 1.807) is 43.3 Å². The van der Waals surface area contributed by atoms with Gasteiger partial charge in [0, 0.05) is 27.7 Å². The first kappa shape index (κ1) is 24.3. The number of amides is 2. The largest absolute Gasteiger partial charge is 0.508 e. The summed E-state index contributed by atoms with van der Waals surface area (Å²) in [7, 11) is 0. The maximum atomic E-state index is 13.9. The predicted octanol–water partition coefficient (Wildman–Crippen LogP) is 5.32. The Hall–Kier alpha value is -4.03. The summed E-state index contributed by atoms with van der Waals surface area (Å²) in [5.74, 6) is -3.38. The number of ketones is 2. The number of anilines is 1. The van der Waals surface area contributed by atoms with E-state index in [1.165, 1.54) is 23.1 Å². The van der Waals surface area contributed by atoms with Crippen LogP contribution in [0.4, 0.5) is 5.69 Å². The third-order valence-corrected chi connectivity index (χ3v) is 8.57. The molecule has 2 amide bonds. The first-order valence-corrected chi connectivity index (χ1v) is 12.9. The number of hydrogen-bond donors (Lipinski definition) is 1. The number of Topliss-reactive ketones (excluding diaryl/α,β-unsaturated/α-hetero) is 1. The summed E-state index contributed by atoms with van der Waals surface area (Å²) < 4.78 is 0. The van der Waals surface area contributed by atoms with Gasteiger partial charge in [-0.3, -0.25) is 24.1 Å². The molecule has 6 rings (SSSR count). The third kappa shape index (κ3) is 3.47. The Morgan fingerprint density at radius 3 is 2.45 bits per heavy atom. The molecule has 1 N–H and O–H groups in total. The number of hydrogen-bond acceptors (Lipinski definition) is 5. The van der Waals surface area contributed by atoms with Crippen molar-refractivity contribution in [1.82, 2.24) is 0 Å². The summed E-state index contributed by atoms with van der Waals surface area (Å²) in [6.07, 6.45) is 5.53. The van der Waals surface area contributed by atoms with Gasteiger partial charge in [-0.15, -0.1) is 0 Å². The van der Waals surface area contributed by atoms with Gasteiger partial charge in [-0.05, 0) is 67.2 Å². The van der Waals surface area contributed by atoms with E-state index in [1.807, 2.05) is 6.08 Å². The second-order valence-corrected chi connectivity index (χ2v) is 10.6. The molecule has 1 aliphatic heterocycles. The molecule has 6 nitrogen and oxygen atoms in total. The van der Waals surface area contributed by atoms with E-state index in [4.69, 9.17) is 11.6 Å².